The molecule has 1 unspecified atom stereocenters. The average molecular weight is 465 g/mol. The number of hydrogen-bond donors (Lipinski definition) is 0. The summed E-state index contributed by atoms with van der Waals surface area (Å²) in [4.78, 5) is 0. The van der Waals surface area contributed by atoms with Crippen LogP contribution in [0.3, 0.4) is 0 Å². The van der Waals surface area contributed by atoms with Crippen molar-refractivity contribution in [1.82, 2.24) is 0 Å². The topological polar surface area (TPSA) is 27.7 Å². The predicted octanol–water partition coefficient (Wildman–Crippen LogP) is 8.75. The van der Waals surface area contributed by atoms with E-state index in [0.717, 1.165) is 49.9 Å². The van der Waals surface area contributed by atoms with E-state index in [2.05, 4.69) is 69.0 Å². The van der Waals surface area contributed by atoms with Crippen molar-refractivity contribution < 1.29 is 14.2 Å². The predicted molar refractivity (Wildman–Crippen MR) is 142 cm³/mol. The van der Waals surface area contributed by atoms with Crippen LogP contribution < -0.4 is 4.74 Å². The van der Waals surface area contributed by atoms with Gasteiger partial charge in [-0.3, -0.25) is 0 Å². The lowest BCUT2D eigenvalue weighted by Gasteiger charge is -2.29. The Morgan fingerprint density at radius 1 is 0.912 bits per heavy atom. The molecule has 34 heavy (non-hydrogen) atoms. The van der Waals surface area contributed by atoms with Crippen LogP contribution in [0.1, 0.15) is 83.5 Å². The van der Waals surface area contributed by atoms with Gasteiger partial charge in [0.25, 0.3) is 0 Å². The van der Waals surface area contributed by atoms with Crippen molar-refractivity contribution in [1.29, 1.82) is 0 Å². The minimum absolute atomic E-state index is 0.246. The zero-order chi connectivity index (χ0) is 24.0. The van der Waals surface area contributed by atoms with E-state index in [1.165, 1.54) is 56.1 Å². The molecule has 0 saturated carbocycles. The molecule has 0 radical (unpaired) electrons. The molecular formula is C31H44O3. The zero-order valence-electron chi connectivity index (χ0n) is 21.3. The summed E-state index contributed by atoms with van der Waals surface area (Å²) in [6, 6.07) is 17.0. The van der Waals surface area contributed by atoms with Gasteiger partial charge in [0, 0.05) is 11.5 Å². The number of rotatable bonds is 15. The highest BCUT2D eigenvalue weighted by Gasteiger charge is 2.23. The highest BCUT2D eigenvalue weighted by atomic mass is 16.7. The second-order valence-electron chi connectivity index (χ2n) is 9.80. The molecule has 0 aliphatic carbocycles. The first-order valence-electron chi connectivity index (χ1n) is 13.4. The highest BCUT2D eigenvalue weighted by Crippen LogP contribution is 2.30. The maximum Gasteiger partial charge on any atom is 0.183 e. The van der Waals surface area contributed by atoms with Crippen LogP contribution >= 0.6 is 0 Å². The summed E-state index contributed by atoms with van der Waals surface area (Å²) in [5.41, 5.74) is 3.47. The third-order valence-electron chi connectivity index (χ3n) is 6.91. The summed E-state index contributed by atoms with van der Waals surface area (Å²) in [7, 11) is 0. The molecule has 1 fully saturated rings. The van der Waals surface area contributed by atoms with Gasteiger partial charge in [0.05, 0.1) is 19.8 Å². The van der Waals surface area contributed by atoms with E-state index in [-0.39, 0.29) is 6.29 Å². The molecule has 1 aliphatic heterocycles. The average Bonchev–Trinajstić information content (AvgIpc) is 2.89. The number of ether oxygens (including phenoxy) is 3. The van der Waals surface area contributed by atoms with Gasteiger partial charge in [-0.25, -0.2) is 0 Å². The molecule has 0 N–H and O–H groups in total. The van der Waals surface area contributed by atoms with Crippen molar-refractivity contribution in [3.8, 4) is 16.9 Å². The Labute approximate surface area is 207 Å². The third-order valence-corrected chi connectivity index (χ3v) is 6.91. The van der Waals surface area contributed by atoms with Crippen molar-refractivity contribution >= 4 is 0 Å². The van der Waals surface area contributed by atoms with E-state index in [1.54, 1.807) is 0 Å². The van der Waals surface area contributed by atoms with Crippen LogP contribution in [0.25, 0.3) is 11.1 Å². The van der Waals surface area contributed by atoms with Crippen LogP contribution in [0.5, 0.6) is 5.75 Å². The van der Waals surface area contributed by atoms with E-state index < -0.39 is 0 Å². The summed E-state index contributed by atoms with van der Waals surface area (Å²) >= 11 is 0. The van der Waals surface area contributed by atoms with Gasteiger partial charge in [0.15, 0.2) is 6.29 Å². The summed E-state index contributed by atoms with van der Waals surface area (Å²) in [6.45, 7) is 10.7. The van der Waals surface area contributed by atoms with Gasteiger partial charge in [-0.2, -0.15) is 0 Å². The van der Waals surface area contributed by atoms with Crippen molar-refractivity contribution in [3.63, 3.8) is 0 Å². The fourth-order valence-corrected chi connectivity index (χ4v) is 4.38. The van der Waals surface area contributed by atoms with Gasteiger partial charge in [0.1, 0.15) is 5.75 Å². The summed E-state index contributed by atoms with van der Waals surface area (Å²) < 4.78 is 18.0. The lowest BCUT2D eigenvalue weighted by atomic mass is 10.0. The molecule has 1 atom stereocenters. The Balaban J connectivity index is 1.39. The third kappa shape index (κ3) is 8.92. The van der Waals surface area contributed by atoms with Gasteiger partial charge in [-0.05, 0) is 61.3 Å². The van der Waals surface area contributed by atoms with Crippen molar-refractivity contribution in [2.24, 2.45) is 11.8 Å². The summed E-state index contributed by atoms with van der Waals surface area (Å²) in [5, 5.41) is 0. The molecule has 0 amide bonds. The fraction of sp³-hybridized carbons (Fsp3) is 0.548. The van der Waals surface area contributed by atoms with Crippen molar-refractivity contribution in [2.45, 2.75) is 77.9 Å². The molecule has 1 aliphatic rings. The monoisotopic (exact) mass is 464 g/mol. The van der Waals surface area contributed by atoms with Crippen molar-refractivity contribution in [2.75, 3.05) is 19.8 Å². The summed E-state index contributed by atoms with van der Waals surface area (Å²) in [6.07, 6.45) is 12.8. The number of benzene rings is 2. The first-order chi connectivity index (χ1) is 16.7. The number of hydrogen-bond acceptors (Lipinski definition) is 3. The van der Waals surface area contributed by atoms with Gasteiger partial charge in [0.2, 0.25) is 0 Å². The summed E-state index contributed by atoms with van der Waals surface area (Å²) in [5.74, 6) is 2.24. The fourth-order valence-electron chi connectivity index (χ4n) is 4.38. The van der Waals surface area contributed by atoms with Crippen LogP contribution in [-0.2, 0) is 9.47 Å². The van der Waals surface area contributed by atoms with Crippen LogP contribution in [0.15, 0.2) is 61.2 Å². The molecule has 3 rings (SSSR count). The Bertz CT molecular complexity index is 804. The number of unbranched alkanes of at least 4 members (excludes halogenated alkanes) is 4. The molecule has 2 aromatic rings. The Morgan fingerprint density at radius 3 is 2.21 bits per heavy atom. The molecule has 2 aromatic carbocycles. The second kappa shape index (κ2) is 15.0. The van der Waals surface area contributed by atoms with Crippen molar-refractivity contribution in [3.05, 3.63) is 66.7 Å². The minimum atomic E-state index is -0.246. The highest BCUT2D eigenvalue weighted by molar-refractivity contribution is 5.64. The zero-order valence-corrected chi connectivity index (χ0v) is 21.3. The minimum Gasteiger partial charge on any atom is -0.494 e. The molecular weight excluding hydrogens is 420 g/mol. The molecule has 0 aromatic heterocycles. The molecule has 3 nitrogen and oxygen atoms in total. The van der Waals surface area contributed by atoms with Gasteiger partial charge >= 0.3 is 0 Å². The maximum atomic E-state index is 6.05. The van der Waals surface area contributed by atoms with Crippen LogP contribution in [0.2, 0.25) is 0 Å². The molecule has 0 bridgehead atoms. The van der Waals surface area contributed by atoms with Crippen LogP contribution in [0, 0.1) is 11.8 Å². The van der Waals surface area contributed by atoms with Crippen LogP contribution in [0.4, 0.5) is 0 Å². The van der Waals surface area contributed by atoms with E-state index in [1.807, 2.05) is 6.08 Å². The lowest BCUT2D eigenvalue weighted by Crippen LogP contribution is -2.27. The first-order valence-corrected chi connectivity index (χ1v) is 13.4. The maximum absolute atomic E-state index is 6.05. The van der Waals surface area contributed by atoms with E-state index in [9.17, 15) is 0 Å². The molecule has 0 spiro atoms. The van der Waals surface area contributed by atoms with E-state index in [0.29, 0.717) is 5.92 Å². The van der Waals surface area contributed by atoms with Crippen LogP contribution in [-0.4, -0.2) is 19.8 Å². The standard InChI is InChI=1S/C31H44O3/c1-4-6-7-8-9-10-13-26-23-33-31(34-24-26)29-16-14-27(15-17-29)28-18-20-30(21-19-28)32-22-11-12-25(3)5-2/h4,14-21,25-26,31H,1,5-13,22-24H2,2-3H3. The smallest absolute Gasteiger partial charge is 0.183 e. The van der Waals surface area contributed by atoms with E-state index in [4.69, 9.17) is 14.2 Å². The first kappa shape index (κ1) is 26.5. The molecule has 3 heteroatoms. The van der Waals surface area contributed by atoms with Gasteiger partial charge in [-0.15, -0.1) is 6.58 Å². The largest absolute Gasteiger partial charge is 0.494 e. The molecule has 186 valence electrons. The van der Waals surface area contributed by atoms with E-state index >= 15 is 0 Å². The second-order valence-corrected chi connectivity index (χ2v) is 9.80. The lowest BCUT2D eigenvalue weighted by molar-refractivity contribution is -0.206. The normalized spacial score (nSPS) is 19.0. The molecule has 1 heterocycles. The van der Waals surface area contributed by atoms with Gasteiger partial charge in [-0.1, -0.05) is 82.0 Å². The Kier molecular flexibility index (Phi) is 11.7. The number of allylic oxidation sites excluding steroid dienone is 1. The quantitative estimate of drug-likeness (QED) is 0.195. The Hall–Kier alpha value is -2.10. The van der Waals surface area contributed by atoms with Gasteiger partial charge < -0.3 is 14.2 Å². The SMILES string of the molecule is C=CCCCCCCC1COC(c2ccc(-c3ccc(OCCCC(C)CC)cc3)cc2)OC1. The molecule has 1 saturated heterocycles. The Morgan fingerprint density at radius 2 is 1.56 bits per heavy atom.